The number of hydrogen-bond acceptors (Lipinski definition) is 7. The van der Waals surface area contributed by atoms with Crippen LogP contribution >= 0.6 is 11.6 Å². The summed E-state index contributed by atoms with van der Waals surface area (Å²) < 4.78 is 17.5. The zero-order chi connectivity index (χ0) is 26.9. The molecule has 1 atom stereocenters. The molecule has 1 aliphatic carbocycles. The first-order valence-corrected chi connectivity index (χ1v) is 12.5. The van der Waals surface area contributed by atoms with Crippen molar-refractivity contribution >= 4 is 17.5 Å². The third kappa shape index (κ3) is 5.18. The molecule has 13 heteroatoms. The second-order valence-electron chi connectivity index (χ2n) is 9.20. The van der Waals surface area contributed by atoms with Crippen molar-refractivity contribution in [2.45, 2.75) is 18.9 Å². The number of amides is 1. The van der Waals surface area contributed by atoms with E-state index in [9.17, 15) is 14.4 Å². The van der Waals surface area contributed by atoms with Gasteiger partial charge in [-0.15, -0.1) is 5.10 Å². The van der Waals surface area contributed by atoms with E-state index >= 15 is 0 Å². The number of aromatic nitrogens is 8. The first-order valence-electron chi connectivity index (χ1n) is 12.2. The van der Waals surface area contributed by atoms with Gasteiger partial charge in [0.15, 0.2) is 12.2 Å². The molecular formula is C26H21ClFN9O2. The smallest absolute Gasteiger partial charge is 0.223 e. The molecule has 0 spiro atoms. The molecular weight excluding hydrogens is 525 g/mol. The summed E-state index contributed by atoms with van der Waals surface area (Å²) in [6, 6.07) is 11.0. The minimum absolute atomic E-state index is 0.00732. The van der Waals surface area contributed by atoms with Crippen LogP contribution in [0.25, 0.3) is 27.9 Å². The maximum atomic E-state index is 13.7. The fourth-order valence-electron chi connectivity index (χ4n) is 4.38. The van der Waals surface area contributed by atoms with Gasteiger partial charge in [0.25, 0.3) is 0 Å². The van der Waals surface area contributed by atoms with Crippen LogP contribution in [0.3, 0.4) is 0 Å². The lowest BCUT2D eigenvalue weighted by Crippen LogP contribution is -2.40. The topological polar surface area (TPSA) is 130 Å². The van der Waals surface area contributed by atoms with Gasteiger partial charge in [0, 0.05) is 52.2 Å². The van der Waals surface area contributed by atoms with Crippen LogP contribution in [0.1, 0.15) is 24.6 Å². The van der Waals surface area contributed by atoms with Crippen molar-refractivity contribution in [3.05, 3.63) is 95.5 Å². The molecule has 0 saturated heterocycles. The third-order valence-electron chi connectivity index (χ3n) is 6.55. The Morgan fingerprint density at radius 3 is 2.79 bits per heavy atom. The highest BCUT2D eigenvalue weighted by Gasteiger charge is 2.31. The molecule has 1 fully saturated rings. The fourth-order valence-corrected chi connectivity index (χ4v) is 4.55. The molecule has 0 radical (unpaired) electrons. The molecule has 1 aliphatic rings. The van der Waals surface area contributed by atoms with Gasteiger partial charge in [0.1, 0.15) is 6.33 Å². The number of carbonyl (C=O) groups is 1. The lowest BCUT2D eigenvalue weighted by atomic mass is 10.0. The van der Waals surface area contributed by atoms with Crippen molar-refractivity contribution in [1.29, 1.82) is 0 Å². The number of hydrogen-bond donors (Lipinski definition) is 1. The van der Waals surface area contributed by atoms with Crippen molar-refractivity contribution in [2.75, 3.05) is 6.54 Å². The Morgan fingerprint density at radius 1 is 1.18 bits per heavy atom. The fraction of sp³-hybridized carbons (Fsp3) is 0.192. The molecule has 196 valence electrons. The molecule has 4 aromatic heterocycles. The Labute approximate surface area is 226 Å². The van der Waals surface area contributed by atoms with Crippen LogP contribution in [0.15, 0.2) is 73.6 Å². The quantitative estimate of drug-likeness (QED) is 0.180. The van der Waals surface area contributed by atoms with Crippen molar-refractivity contribution in [3.8, 4) is 27.9 Å². The van der Waals surface area contributed by atoms with Gasteiger partial charge in [-0.05, 0) is 59.2 Å². The van der Waals surface area contributed by atoms with E-state index in [1.807, 2.05) is 0 Å². The summed E-state index contributed by atoms with van der Waals surface area (Å²) in [6.45, 7) is 0.149. The predicted octanol–water partition coefficient (Wildman–Crippen LogP) is 3.13. The Hall–Kier alpha value is -4.71. The first kappa shape index (κ1) is 24.6. The maximum Gasteiger partial charge on any atom is 0.223 e. The SMILES string of the molecule is O=C(NCC(c1ccc(-c2cc(Cl)ccc2-n2cnnn2)c[n+]1[O-])n1cc(-c2ccnc(F)c2)cn1)C1CC1. The van der Waals surface area contributed by atoms with E-state index in [0.29, 0.717) is 38.7 Å². The summed E-state index contributed by atoms with van der Waals surface area (Å²) >= 11 is 6.27. The Bertz CT molecular complexity index is 1650. The molecule has 1 aromatic carbocycles. The third-order valence-corrected chi connectivity index (χ3v) is 6.78. The lowest BCUT2D eigenvalue weighted by Gasteiger charge is -2.19. The van der Waals surface area contributed by atoms with E-state index in [1.165, 1.54) is 29.5 Å². The highest BCUT2D eigenvalue weighted by molar-refractivity contribution is 6.31. The van der Waals surface area contributed by atoms with E-state index in [1.54, 1.807) is 53.5 Å². The maximum absolute atomic E-state index is 13.7. The predicted molar refractivity (Wildman–Crippen MR) is 138 cm³/mol. The highest BCUT2D eigenvalue weighted by atomic mass is 35.5. The molecule has 0 aliphatic heterocycles. The summed E-state index contributed by atoms with van der Waals surface area (Å²) in [5.74, 6) is -0.654. The van der Waals surface area contributed by atoms with E-state index < -0.39 is 12.0 Å². The highest BCUT2D eigenvalue weighted by Crippen LogP contribution is 2.31. The zero-order valence-electron chi connectivity index (χ0n) is 20.4. The Balaban J connectivity index is 1.37. The van der Waals surface area contributed by atoms with Crippen molar-refractivity contribution in [3.63, 3.8) is 0 Å². The molecule has 1 unspecified atom stereocenters. The van der Waals surface area contributed by atoms with E-state index in [-0.39, 0.29) is 18.4 Å². The van der Waals surface area contributed by atoms with Gasteiger partial charge in [-0.25, -0.2) is 4.98 Å². The number of rotatable bonds is 8. The molecule has 4 heterocycles. The van der Waals surface area contributed by atoms with Gasteiger partial charge < -0.3 is 10.5 Å². The van der Waals surface area contributed by atoms with E-state index in [0.717, 1.165) is 17.6 Å². The number of nitrogens with zero attached hydrogens (tertiary/aromatic N) is 8. The molecule has 5 aromatic rings. The van der Waals surface area contributed by atoms with Crippen LogP contribution in [-0.4, -0.2) is 47.4 Å². The Morgan fingerprint density at radius 2 is 2.05 bits per heavy atom. The molecule has 11 nitrogen and oxygen atoms in total. The summed E-state index contributed by atoms with van der Waals surface area (Å²) in [4.78, 5) is 16.0. The Kier molecular flexibility index (Phi) is 6.45. The number of carbonyl (C=O) groups excluding carboxylic acids is 1. The summed E-state index contributed by atoms with van der Waals surface area (Å²) in [5.41, 5.74) is 3.49. The van der Waals surface area contributed by atoms with E-state index in [4.69, 9.17) is 11.6 Å². The number of nitrogens with one attached hydrogen (secondary N) is 1. The summed E-state index contributed by atoms with van der Waals surface area (Å²) in [6.07, 6.45) is 9.27. The van der Waals surface area contributed by atoms with Crippen LogP contribution in [0.5, 0.6) is 0 Å². The van der Waals surface area contributed by atoms with E-state index in [2.05, 4.69) is 30.9 Å². The normalized spacial score (nSPS) is 13.8. The molecule has 1 N–H and O–H groups in total. The van der Waals surface area contributed by atoms with Crippen LogP contribution in [0.2, 0.25) is 5.02 Å². The van der Waals surface area contributed by atoms with Crippen LogP contribution < -0.4 is 10.0 Å². The van der Waals surface area contributed by atoms with Gasteiger partial charge in [-0.2, -0.15) is 18.9 Å². The summed E-state index contributed by atoms with van der Waals surface area (Å²) in [5, 5.41) is 32.7. The average molecular weight is 546 g/mol. The zero-order valence-corrected chi connectivity index (χ0v) is 21.1. The largest absolute Gasteiger partial charge is 0.618 e. The second-order valence-corrected chi connectivity index (χ2v) is 9.63. The molecule has 0 bridgehead atoms. The lowest BCUT2D eigenvalue weighted by molar-refractivity contribution is -0.615. The van der Waals surface area contributed by atoms with Crippen LogP contribution in [-0.2, 0) is 4.79 Å². The standard InChI is InChI=1S/C26H21ClFN9O2/c27-20-4-6-22(36-15-31-33-34-36)21(10-20)18-3-5-23(37(39)14-18)24(12-30-26(38)16-1-2-16)35-13-19(11-32-35)17-7-8-29-25(28)9-17/h3-11,13-16,24H,1-2,12H2,(H,30,38). The number of tetrazole rings is 1. The van der Waals surface area contributed by atoms with Crippen molar-refractivity contribution < 1.29 is 13.9 Å². The van der Waals surface area contributed by atoms with Gasteiger partial charge in [-0.1, -0.05) is 11.6 Å². The molecule has 39 heavy (non-hydrogen) atoms. The number of halogens is 2. The van der Waals surface area contributed by atoms with Gasteiger partial charge >= 0.3 is 0 Å². The summed E-state index contributed by atoms with van der Waals surface area (Å²) in [7, 11) is 0. The van der Waals surface area contributed by atoms with Gasteiger partial charge in [0.05, 0.1) is 18.4 Å². The number of benzene rings is 1. The van der Waals surface area contributed by atoms with Gasteiger partial charge in [-0.3, -0.25) is 9.48 Å². The van der Waals surface area contributed by atoms with Crippen molar-refractivity contribution in [2.24, 2.45) is 5.92 Å². The van der Waals surface area contributed by atoms with Crippen molar-refractivity contribution in [1.82, 2.24) is 40.3 Å². The molecule has 1 saturated carbocycles. The average Bonchev–Trinajstić information content (AvgIpc) is 3.42. The molecule has 6 rings (SSSR count). The minimum Gasteiger partial charge on any atom is -0.618 e. The first-order chi connectivity index (χ1) is 19.0. The van der Waals surface area contributed by atoms with Crippen LogP contribution in [0, 0.1) is 17.1 Å². The number of pyridine rings is 2. The molecule has 1 amide bonds. The monoisotopic (exact) mass is 545 g/mol. The minimum atomic E-state index is -0.627. The second kappa shape index (κ2) is 10.2. The van der Waals surface area contributed by atoms with Gasteiger partial charge in [0.2, 0.25) is 17.5 Å². The van der Waals surface area contributed by atoms with Crippen LogP contribution in [0.4, 0.5) is 4.39 Å².